The van der Waals surface area contributed by atoms with Crippen LogP contribution in [0.1, 0.15) is 124 Å². The molecule has 0 spiro atoms. The topological polar surface area (TPSA) is 52.6 Å². The SMILES string of the molecule is CCCCCCCCCCCCCCCCOC(=O)C(CC)(CC)C(=O)Oc1ccccc1Cl. The molecule has 1 aromatic rings. The Bertz CT molecular complexity index is 684. The van der Waals surface area contributed by atoms with E-state index in [-0.39, 0.29) is 5.75 Å². The lowest BCUT2D eigenvalue weighted by Crippen LogP contribution is -2.42. The van der Waals surface area contributed by atoms with Crippen LogP contribution in [0.3, 0.4) is 0 Å². The molecule has 0 fully saturated rings. The molecule has 0 amide bonds. The third kappa shape index (κ3) is 11.3. The van der Waals surface area contributed by atoms with Gasteiger partial charge in [-0.3, -0.25) is 9.59 Å². The second kappa shape index (κ2) is 18.7. The van der Waals surface area contributed by atoms with Crippen molar-refractivity contribution < 1.29 is 19.1 Å². The van der Waals surface area contributed by atoms with Crippen LogP contribution in [0.2, 0.25) is 5.02 Å². The molecule has 194 valence electrons. The lowest BCUT2D eigenvalue weighted by molar-refractivity contribution is -0.168. The van der Waals surface area contributed by atoms with E-state index in [4.69, 9.17) is 21.1 Å². The normalized spacial score (nSPS) is 11.4. The van der Waals surface area contributed by atoms with Crippen LogP contribution in [0.25, 0.3) is 0 Å². The quantitative estimate of drug-likeness (QED) is 0.0784. The molecule has 4 nitrogen and oxygen atoms in total. The van der Waals surface area contributed by atoms with E-state index in [0.717, 1.165) is 19.3 Å². The average Bonchev–Trinajstić information content (AvgIpc) is 2.84. The van der Waals surface area contributed by atoms with Crippen molar-refractivity contribution in [1.29, 1.82) is 0 Å². The van der Waals surface area contributed by atoms with Gasteiger partial charge in [-0.15, -0.1) is 0 Å². The molecule has 0 saturated carbocycles. The lowest BCUT2D eigenvalue weighted by Gasteiger charge is -2.27. The summed E-state index contributed by atoms with van der Waals surface area (Å²) < 4.78 is 11.0. The minimum Gasteiger partial charge on any atom is -0.465 e. The number of carbonyl (C=O) groups excluding carboxylic acids is 2. The summed E-state index contributed by atoms with van der Waals surface area (Å²) in [4.78, 5) is 25.7. The first-order chi connectivity index (χ1) is 16.5. The molecule has 0 N–H and O–H groups in total. The molecule has 0 aromatic heterocycles. The zero-order valence-corrected chi connectivity index (χ0v) is 22.6. The van der Waals surface area contributed by atoms with Gasteiger partial charge in [0.1, 0.15) is 5.75 Å². The second-order valence-corrected chi connectivity index (χ2v) is 9.75. The predicted molar refractivity (Wildman–Crippen MR) is 141 cm³/mol. The first-order valence-electron chi connectivity index (χ1n) is 13.7. The van der Waals surface area contributed by atoms with Crippen LogP contribution in [-0.4, -0.2) is 18.5 Å². The summed E-state index contributed by atoms with van der Waals surface area (Å²) >= 11 is 6.10. The fourth-order valence-corrected chi connectivity index (χ4v) is 4.41. The van der Waals surface area contributed by atoms with Crippen molar-refractivity contribution in [2.75, 3.05) is 6.61 Å². The minimum atomic E-state index is -1.30. The van der Waals surface area contributed by atoms with Crippen LogP contribution >= 0.6 is 11.6 Å². The van der Waals surface area contributed by atoms with Gasteiger partial charge in [0.15, 0.2) is 5.41 Å². The summed E-state index contributed by atoms with van der Waals surface area (Å²) in [7, 11) is 0. The molecule has 0 aliphatic rings. The predicted octanol–water partition coefficient (Wildman–Crippen LogP) is 9.08. The number of rotatable bonds is 20. The number of esters is 2. The second-order valence-electron chi connectivity index (χ2n) is 9.34. The van der Waals surface area contributed by atoms with Gasteiger partial charge in [-0.2, -0.15) is 0 Å². The summed E-state index contributed by atoms with van der Waals surface area (Å²) in [5.41, 5.74) is -1.30. The van der Waals surface area contributed by atoms with Crippen molar-refractivity contribution >= 4 is 23.5 Å². The fraction of sp³-hybridized carbons (Fsp3) is 0.724. The van der Waals surface area contributed by atoms with E-state index in [1.54, 1.807) is 24.3 Å². The molecule has 0 bridgehead atoms. The van der Waals surface area contributed by atoms with Crippen LogP contribution in [0.5, 0.6) is 5.75 Å². The highest BCUT2D eigenvalue weighted by molar-refractivity contribution is 6.32. The Balaban J connectivity index is 2.19. The van der Waals surface area contributed by atoms with Crippen molar-refractivity contribution in [1.82, 2.24) is 0 Å². The van der Waals surface area contributed by atoms with Gasteiger partial charge < -0.3 is 9.47 Å². The van der Waals surface area contributed by atoms with Crippen LogP contribution in [0, 0.1) is 5.41 Å². The molecular weight excluding hydrogens is 448 g/mol. The smallest absolute Gasteiger partial charge is 0.328 e. The maximum absolute atomic E-state index is 12.9. The third-order valence-corrected chi connectivity index (χ3v) is 7.07. The van der Waals surface area contributed by atoms with Crippen LogP contribution in [0.15, 0.2) is 24.3 Å². The summed E-state index contributed by atoms with van der Waals surface area (Å²) in [5, 5.41) is 0.340. The van der Waals surface area contributed by atoms with Gasteiger partial charge in [0.25, 0.3) is 0 Å². The van der Waals surface area contributed by atoms with Gasteiger partial charge in [0, 0.05) is 0 Å². The van der Waals surface area contributed by atoms with Gasteiger partial charge in [0.2, 0.25) is 0 Å². The number of benzene rings is 1. The number of hydrogen-bond acceptors (Lipinski definition) is 4. The summed E-state index contributed by atoms with van der Waals surface area (Å²) in [6.07, 6.45) is 18.5. The molecule has 0 saturated heterocycles. The Morgan fingerprint density at radius 3 is 1.65 bits per heavy atom. The van der Waals surface area contributed by atoms with E-state index in [9.17, 15) is 9.59 Å². The van der Waals surface area contributed by atoms with Gasteiger partial charge in [-0.05, 0) is 31.4 Å². The first-order valence-corrected chi connectivity index (χ1v) is 14.0. The number of hydrogen-bond donors (Lipinski definition) is 0. The average molecular weight is 495 g/mol. The number of carbonyl (C=O) groups is 2. The zero-order valence-electron chi connectivity index (χ0n) is 21.8. The van der Waals surface area contributed by atoms with Gasteiger partial charge in [0.05, 0.1) is 11.6 Å². The standard InChI is InChI=1S/C29H47ClO4/c1-4-7-8-9-10-11-12-13-14-15-16-17-18-21-24-33-27(31)29(5-2,6-3)28(32)34-26-23-20-19-22-25(26)30/h19-20,22-23H,4-18,21,24H2,1-3H3. The number of para-hydroxylation sites is 1. The molecular formula is C29H47ClO4. The highest BCUT2D eigenvalue weighted by atomic mass is 35.5. The Labute approximate surface area is 213 Å². The van der Waals surface area contributed by atoms with Crippen LogP contribution in [0.4, 0.5) is 0 Å². The third-order valence-electron chi connectivity index (χ3n) is 6.76. The molecule has 0 atom stereocenters. The van der Waals surface area contributed by atoms with Crippen LogP contribution in [-0.2, 0) is 14.3 Å². The van der Waals surface area contributed by atoms with E-state index in [2.05, 4.69) is 6.92 Å². The Kier molecular flexibility index (Phi) is 16.8. The van der Waals surface area contributed by atoms with E-state index in [0.29, 0.717) is 24.5 Å². The highest BCUT2D eigenvalue weighted by Gasteiger charge is 2.46. The number of halogens is 1. The summed E-state index contributed by atoms with van der Waals surface area (Å²) in [6.45, 7) is 6.23. The molecule has 0 radical (unpaired) electrons. The minimum absolute atomic E-state index is 0.264. The molecule has 0 aliphatic carbocycles. The van der Waals surface area contributed by atoms with Gasteiger partial charge in [-0.25, -0.2) is 0 Å². The molecule has 34 heavy (non-hydrogen) atoms. The molecule has 0 heterocycles. The molecule has 1 aromatic carbocycles. The van der Waals surface area contributed by atoms with Crippen molar-refractivity contribution in [3.05, 3.63) is 29.3 Å². The number of unbranched alkanes of at least 4 members (excludes halogenated alkanes) is 13. The van der Waals surface area contributed by atoms with Gasteiger partial charge >= 0.3 is 11.9 Å². The lowest BCUT2D eigenvalue weighted by atomic mass is 9.82. The molecule has 0 unspecified atom stereocenters. The Morgan fingerprint density at radius 1 is 0.706 bits per heavy atom. The van der Waals surface area contributed by atoms with E-state index in [1.165, 1.54) is 70.6 Å². The zero-order chi connectivity index (χ0) is 25.1. The monoisotopic (exact) mass is 494 g/mol. The Hall–Kier alpha value is -1.55. The maximum Gasteiger partial charge on any atom is 0.328 e. The van der Waals surface area contributed by atoms with E-state index >= 15 is 0 Å². The van der Waals surface area contributed by atoms with Crippen molar-refractivity contribution in [2.45, 2.75) is 124 Å². The molecule has 5 heteroatoms. The number of ether oxygens (including phenoxy) is 2. The van der Waals surface area contributed by atoms with E-state index < -0.39 is 17.4 Å². The highest BCUT2D eigenvalue weighted by Crippen LogP contribution is 2.33. The summed E-state index contributed by atoms with van der Waals surface area (Å²) in [6, 6.07) is 6.77. The molecule has 1 rings (SSSR count). The summed E-state index contributed by atoms with van der Waals surface area (Å²) in [5.74, 6) is -0.832. The Morgan fingerprint density at radius 2 is 1.18 bits per heavy atom. The van der Waals surface area contributed by atoms with Crippen LogP contribution < -0.4 is 4.74 Å². The van der Waals surface area contributed by atoms with Gasteiger partial charge in [-0.1, -0.05) is 128 Å². The fourth-order valence-electron chi connectivity index (χ4n) is 4.24. The first kappa shape index (κ1) is 30.5. The van der Waals surface area contributed by atoms with Crippen molar-refractivity contribution in [3.63, 3.8) is 0 Å². The van der Waals surface area contributed by atoms with Crippen molar-refractivity contribution in [3.8, 4) is 5.75 Å². The van der Waals surface area contributed by atoms with E-state index in [1.807, 2.05) is 13.8 Å². The largest absolute Gasteiger partial charge is 0.465 e. The van der Waals surface area contributed by atoms with Crippen molar-refractivity contribution in [2.24, 2.45) is 5.41 Å². The molecule has 0 aliphatic heterocycles. The maximum atomic E-state index is 12.9.